The van der Waals surface area contributed by atoms with Crippen LogP contribution in [0.5, 0.6) is 0 Å². The van der Waals surface area contributed by atoms with Crippen LogP contribution in [0.1, 0.15) is 66.5 Å². The second-order valence-electron chi connectivity index (χ2n) is 11.6. The van der Waals surface area contributed by atoms with Crippen molar-refractivity contribution in [1.82, 2.24) is 4.98 Å². The average Bonchev–Trinajstić information content (AvgIpc) is 3.37. The van der Waals surface area contributed by atoms with E-state index in [1.165, 1.54) is 24.4 Å². The maximum absolute atomic E-state index is 8.54. The Labute approximate surface area is 250 Å². The SMILES string of the molecule is [2H]C([2H])([2H])c1cc(-c2cc(-c3cccc4c3oc3cc(C)cc(C)c34)ncc2C([2H])([2H])[2H])c(C([2H])([2H])[2H])cc1-c1ccc(C(C)(C)C)cc1. The molecular weight excluding hydrogens is 486 g/mol. The van der Waals surface area contributed by atoms with Gasteiger partial charge in [-0.05, 0) is 114 Å². The fraction of sp³-hybridized carbons (Fsp3) is 0.237. The molecule has 6 rings (SSSR count). The molecule has 2 heteroatoms. The number of aryl methyl sites for hydroxylation is 5. The highest BCUT2D eigenvalue weighted by atomic mass is 16.3. The third-order valence-electron chi connectivity index (χ3n) is 7.63. The second kappa shape index (κ2) is 9.48. The molecule has 0 aliphatic carbocycles. The summed E-state index contributed by atoms with van der Waals surface area (Å²) in [6.45, 7) is 2.16. The lowest BCUT2D eigenvalue weighted by atomic mass is 9.85. The first-order valence-corrected chi connectivity index (χ1v) is 13.4. The quantitative estimate of drug-likeness (QED) is 0.226. The van der Waals surface area contributed by atoms with Gasteiger partial charge in [0.15, 0.2) is 0 Å². The standard InChI is InChI=1S/C38H37NO/c1-22-16-25(4)36-30-11-9-10-29(37(30)40-35(36)17-22)34-20-33(26(5)21-39-34)32-19-23(2)31(18-24(32)3)27-12-14-28(15-13-27)38(6,7)8/h9-21H,1-8H3/i2D3,3D3,5D3. The molecular formula is C38H37NO. The average molecular weight is 533 g/mol. The molecule has 2 aromatic heterocycles. The highest BCUT2D eigenvalue weighted by Gasteiger charge is 2.18. The van der Waals surface area contributed by atoms with E-state index in [2.05, 4.69) is 31.8 Å². The first-order valence-electron chi connectivity index (χ1n) is 17.9. The van der Waals surface area contributed by atoms with Crippen molar-refractivity contribution in [1.29, 1.82) is 0 Å². The number of furan rings is 1. The van der Waals surface area contributed by atoms with Gasteiger partial charge < -0.3 is 4.42 Å². The highest BCUT2D eigenvalue weighted by molar-refractivity contribution is 6.11. The second-order valence-corrected chi connectivity index (χ2v) is 11.6. The molecule has 6 aromatic rings. The lowest BCUT2D eigenvalue weighted by Crippen LogP contribution is -2.10. The fourth-order valence-corrected chi connectivity index (χ4v) is 5.55. The molecule has 0 fully saturated rings. The Morgan fingerprint density at radius 3 is 2.12 bits per heavy atom. The van der Waals surface area contributed by atoms with Gasteiger partial charge in [-0.25, -0.2) is 0 Å². The van der Waals surface area contributed by atoms with Crippen molar-refractivity contribution < 1.29 is 16.8 Å². The molecule has 0 saturated carbocycles. The van der Waals surface area contributed by atoms with Crippen molar-refractivity contribution in [2.75, 3.05) is 0 Å². The third kappa shape index (κ3) is 4.42. The minimum Gasteiger partial charge on any atom is -0.455 e. The maximum atomic E-state index is 8.54. The molecule has 4 aromatic carbocycles. The largest absolute Gasteiger partial charge is 0.455 e. The van der Waals surface area contributed by atoms with Gasteiger partial charge in [0.2, 0.25) is 0 Å². The molecule has 0 radical (unpaired) electrons. The van der Waals surface area contributed by atoms with Crippen LogP contribution in [0, 0.1) is 34.4 Å². The molecule has 2 heterocycles. The van der Waals surface area contributed by atoms with Crippen molar-refractivity contribution in [2.24, 2.45) is 0 Å². The Balaban J connectivity index is 1.65. The van der Waals surface area contributed by atoms with Gasteiger partial charge in [-0.1, -0.05) is 75.4 Å². The number of rotatable bonds is 3. The topological polar surface area (TPSA) is 26.0 Å². The molecule has 0 spiro atoms. The van der Waals surface area contributed by atoms with Crippen LogP contribution >= 0.6 is 0 Å². The number of benzene rings is 4. The van der Waals surface area contributed by atoms with Crippen molar-refractivity contribution in [3.8, 4) is 33.5 Å². The molecule has 200 valence electrons. The Hall–Kier alpha value is -4.17. The Kier molecular flexibility index (Phi) is 4.15. The van der Waals surface area contributed by atoms with Crippen LogP contribution in [0.15, 0.2) is 83.4 Å². The van der Waals surface area contributed by atoms with E-state index in [0.717, 1.165) is 27.5 Å². The zero-order chi connectivity index (χ0) is 35.8. The minimum absolute atomic E-state index is 0.000730. The number of para-hydroxylation sites is 1. The molecule has 0 N–H and O–H groups in total. The van der Waals surface area contributed by atoms with Crippen molar-refractivity contribution in [3.05, 3.63) is 112 Å². The van der Waals surface area contributed by atoms with E-state index in [4.69, 9.17) is 16.8 Å². The van der Waals surface area contributed by atoms with Crippen LogP contribution in [0.25, 0.3) is 55.4 Å². The van der Waals surface area contributed by atoms with Gasteiger partial charge >= 0.3 is 0 Å². The van der Waals surface area contributed by atoms with Gasteiger partial charge in [-0.3, -0.25) is 4.98 Å². The first kappa shape index (κ1) is 17.5. The van der Waals surface area contributed by atoms with Crippen LogP contribution in [-0.4, -0.2) is 4.98 Å². The third-order valence-corrected chi connectivity index (χ3v) is 7.63. The number of pyridine rings is 1. The summed E-state index contributed by atoms with van der Waals surface area (Å²) in [5.41, 5.74) is 5.62. The molecule has 0 unspecified atom stereocenters. The van der Waals surface area contributed by atoms with Crippen LogP contribution in [-0.2, 0) is 5.41 Å². The van der Waals surface area contributed by atoms with E-state index in [9.17, 15) is 0 Å². The molecule has 40 heavy (non-hydrogen) atoms. The zero-order valence-electron chi connectivity index (χ0n) is 32.4. The smallest absolute Gasteiger partial charge is 0.144 e. The summed E-state index contributed by atoms with van der Waals surface area (Å²) in [4.78, 5) is 4.55. The van der Waals surface area contributed by atoms with Crippen molar-refractivity contribution in [3.63, 3.8) is 0 Å². The minimum atomic E-state index is -2.72. The predicted octanol–water partition coefficient (Wildman–Crippen LogP) is 10.8. The summed E-state index contributed by atoms with van der Waals surface area (Å²) in [7, 11) is 0. The lowest BCUT2D eigenvalue weighted by Gasteiger charge is -2.20. The predicted molar refractivity (Wildman–Crippen MR) is 170 cm³/mol. The Morgan fingerprint density at radius 2 is 1.40 bits per heavy atom. The Morgan fingerprint density at radius 1 is 0.700 bits per heavy atom. The molecule has 0 aliphatic heterocycles. The van der Waals surface area contributed by atoms with Crippen LogP contribution in [0.2, 0.25) is 0 Å². The van der Waals surface area contributed by atoms with Gasteiger partial charge in [-0.2, -0.15) is 0 Å². The van der Waals surface area contributed by atoms with Gasteiger partial charge in [0.1, 0.15) is 11.2 Å². The Bertz CT molecular complexity index is 2230. The fourth-order valence-electron chi connectivity index (χ4n) is 5.55. The monoisotopic (exact) mass is 532 g/mol. The summed E-state index contributed by atoms with van der Waals surface area (Å²) in [6, 6.07) is 21.3. The van der Waals surface area contributed by atoms with Gasteiger partial charge in [0.05, 0.1) is 5.69 Å². The summed E-state index contributed by atoms with van der Waals surface area (Å²) < 4.78 is 82.5. The van der Waals surface area contributed by atoms with E-state index < -0.39 is 20.6 Å². The van der Waals surface area contributed by atoms with E-state index >= 15 is 0 Å². The zero-order valence-corrected chi connectivity index (χ0v) is 23.4. The molecule has 0 amide bonds. The maximum Gasteiger partial charge on any atom is 0.144 e. The number of hydrogen-bond acceptors (Lipinski definition) is 2. The van der Waals surface area contributed by atoms with Crippen LogP contribution in [0.4, 0.5) is 0 Å². The molecule has 2 nitrogen and oxygen atoms in total. The van der Waals surface area contributed by atoms with E-state index in [0.29, 0.717) is 28.0 Å². The summed E-state index contributed by atoms with van der Waals surface area (Å²) >= 11 is 0. The van der Waals surface area contributed by atoms with Crippen LogP contribution < -0.4 is 0 Å². The van der Waals surface area contributed by atoms with E-state index in [-0.39, 0.29) is 38.8 Å². The summed E-state index contributed by atoms with van der Waals surface area (Å²) in [6.07, 6.45) is 1.23. The number of hydrogen-bond donors (Lipinski definition) is 0. The molecule has 0 saturated heterocycles. The molecule has 0 atom stereocenters. The molecule has 0 bridgehead atoms. The van der Waals surface area contributed by atoms with Gasteiger partial charge in [0.25, 0.3) is 0 Å². The highest BCUT2D eigenvalue weighted by Crippen LogP contribution is 2.39. The first-order chi connectivity index (χ1) is 22.6. The van der Waals surface area contributed by atoms with Gasteiger partial charge in [-0.15, -0.1) is 0 Å². The van der Waals surface area contributed by atoms with Crippen molar-refractivity contribution >= 4 is 21.9 Å². The summed E-state index contributed by atoms with van der Waals surface area (Å²) in [5.74, 6) is 0. The molecule has 0 aliphatic rings. The van der Waals surface area contributed by atoms with E-state index in [1.807, 2.05) is 50.2 Å². The summed E-state index contributed by atoms with van der Waals surface area (Å²) in [5, 5.41) is 1.82. The normalized spacial score (nSPS) is 16.3. The van der Waals surface area contributed by atoms with E-state index in [1.54, 1.807) is 12.1 Å². The number of fused-ring (bicyclic) bond motifs is 3. The number of nitrogens with zero attached hydrogens (tertiary/aromatic N) is 1. The van der Waals surface area contributed by atoms with Crippen molar-refractivity contribution in [2.45, 2.75) is 60.6 Å². The van der Waals surface area contributed by atoms with Gasteiger partial charge in [0, 0.05) is 34.9 Å². The van der Waals surface area contributed by atoms with Crippen LogP contribution in [0.3, 0.4) is 0 Å². The lowest BCUT2D eigenvalue weighted by molar-refractivity contribution is 0.590. The number of aromatic nitrogens is 1.